The van der Waals surface area contributed by atoms with E-state index in [0.29, 0.717) is 24.5 Å². The Bertz CT molecular complexity index is 981. The lowest BCUT2D eigenvalue weighted by atomic mass is 10.1. The molecule has 1 amide bonds. The summed E-state index contributed by atoms with van der Waals surface area (Å²) in [4.78, 5) is 15.4. The van der Waals surface area contributed by atoms with Gasteiger partial charge in [0.1, 0.15) is 12.4 Å². The molecule has 0 bridgehead atoms. The molecule has 31 heavy (non-hydrogen) atoms. The molecule has 4 heteroatoms. The van der Waals surface area contributed by atoms with Gasteiger partial charge in [0, 0.05) is 13.1 Å². The molecule has 0 atom stereocenters. The van der Waals surface area contributed by atoms with Gasteiger partial charge in [-0.3, -0.25) is 9.69 Å². The van der Waals surface area contributed by atoms with Crippen LogP contribution >= 0.6 is 0 Å². The van der Waals surface area contributed by atoms with Gasteiger partial charge in [0.25, 0.3) is 5.91 Å². The Morgan fingerprint density at radius 2 is 1.52 bits per heavy atom. The first-order valence-electron chi connectivity index (χ1n) is 11.1. The van der Waals surface area contributed by atoms with Gasteiger partial charge in [0.15, 0.2) is 0 Å². The fourth-order valence-electron chi connectivity index (χ4n) is 4.01. The molecule has 1 saturated heterocycles. The van der Waals surface area contributed by atoms with Crippen molar-refractivity contribution in [3.63, 3.8) is 0 Å². The van der Waals surface area contributed by atoms with Crippen LogP contribution in [0, 0.1) is 0 Å². The van der Waals surface area contributed by atoms with Crippen LogP contribution in [0.1, 0.15) is 46.3 Å². The largest absolute Gasteiger partial charge is 0.488 e. The number of hydrogen-bond donors (Lipinski definition) is 1. The van der Waals surface area contributed by atoms with E-state index >= 15 is 0 Å². The molecule has 0 aromatic heterocycles. The maximum atomic E-state index is 12.9. The summed E-state index contributed by atoms with van der Waals surface area (Å²) in [6, 6.07) is 25.9. The van der Waals surface area contributed by atoms with Gasteiger partial charge in [-0.15, -0.1) is 0 Å². The van der Waals surface area contributed by atoms with Crippen molar-refractivity contribution in [2.45, 2.75) is 39.0 Å². The van der Waals surface area contributed by atoms with Crippen molar-refractivity contribution in [1.82, 2.24) is 10.2 Å². The smallest absolute Gasteiger partial charge is 0.255 e. The van der Waals surface area contributed by atoms with Gasteiger partial charge < -0.3 is 10.1 Å². The van der Waals surface area contributed by atoms with Crippen molar-refractivity contribution in [3.8, 4) is 5.75 Å². The summed E-state index contributed by atoms with van der Waals surface area (Å²) >= 11 is 0. The molecular formula is C27H30N2O2. The Morgan fingerprint density at radius 1 is 0.806 bits per heavy atom. The molecule has 1 aliphatic heterocycles. The maximum Gasteiger partial charge on any atom is 0.255 e. The third-order valence-corrected chi connectivity index (χ3v) is 5.67. The van der Waals surface area contributed by atoms with Crippen LogP contribution in [0.15, 0.2) is 78.9 Å². The molecule has 1 fully saturated rings. The van der Waals surface area contributed by atoms with Gasteiger partial charge in [-0.25, -0.2) is 0 Å². The lowest BCUT2D eigenvalue weighted by Crippen LogP contribution is -2.29. The zero-order chi connectivity index (χ0) is 21.3. The van der Waals surface area contributed by atoms with Crippen molar-refractivity contribution in [2.75, 3.05) is 13.1 Å². The molecule has 160 valence electrons. The topological polar surface area (TPSA) is 41.6 Å². The molecule has 3 aromatic rings. The summed E-state index contributed by atoms with van der Waals surface area (Å²) in [5, 5.41) is 3.05. The number of piperidine rings is 1. The minimum atomic E-state index is -0.120. The van der Waals surface area contributed by atoms with Crippen molar-refractivity contribution in [3.05, 3.63) is 101 Å². The third kappa shape index (κ3) is 6.19. The summed E-state index contributed by atoms with van der Waals surface area (Å²) in [7, 11) is 0. The van der Waals surface area contributed by atoms with Crippen LogP contribution in [-0.2, 0) is 19.7 Å². The minimum Gasteiger partial charge on any atom is -0.488 e. The Morgan fingerprint density at radius 3 is 2.35 bits per heavy atom. The van der Waals surface area contributed by atoms with Crippen molar-refractivity contribution in [2.24, 2.45) is 0 Å². The monoisotopic (exact) mass is 414 g/mol. The van der Waals surface area contributed by atoms with E-state index in [1.807, 2.05) is 54.6 Å². The number of nitrogens with one attached hydrogen (secondary N) is 1. The Hall–Kier alpha value is -3.11. The minimum absolute atomic E-state index is 0.120. The van der Waals surface area contributed by atoms with Crippen LogP contribution in [0.25, 0.3) is 0 Å². The molecule has 0 radical (unpaired) electrons. The second kappa shape index (κ2) is 10.8. The first kappa shape index (κ1) is 21.1. The fraction of sp³-hybridized carbons (Fsp3) is 0.296. The molecule has 1 heterocycles. The highest BCUT2D eigenvalue weighted by atomic mass is 16.5. The van der Waals surface area contributed by atoms with E-state index in [9.17, 15) is 4.79 Å². The molecule has 1 N–H and O–H groups in total. The number of rotatable bonds is 8. The average molecular weight is 415 g/mol. The number of ether oxygens (including phenoxy) is 1. The average Bonchev–Trinajstić information content (AvgIpc) is 2.83. The van der Waals surface area contributed by atoms with E-state index in [0.717, 1.165) is 17.7 Å². The molecule has 4 rings (SSSR count). The number of amides is 1. The maximum absolute atomic E-state index is 12.9. The van der Waals surface area contributed by atoms with Gasteiger partial charge >= 0.3 is 0 Å². The number of carbonyl (C=O) groups is 1. The lowest BCUT2D eigenvalue weighted by molar-refractivity contribution is 0.0946. The second-order valence-electron chi connectivity index (χ2n) is 8.11. The van der Waals surface area contributed by atoms with Crippen molar-refractivity contribution < 1.29 is 9.53 Å². The van der Waals surface area contributed by atoms with Crippen LogP contribution in [0.4, 0.5) is 0 Å². The molecule has 0 unspecified atom stereocenters. The molecule has 3 aromatic carbocycles. The second-order valence-corrected chi connectivity index (χ2v) is 8.11. The van der Waals surface area contributed by atoms with Gasteiger partial charge in [-0.1, -0.05) is 73.2 Å². The predicted octanol–water partition coefficient (Wildman–Crippen LogP) is 5.18. The molecular weight excluding hydrogens is 384 g/mol. The SMILES string of the molecule is O=C(NCc1cccc(CN2CCCCC2)c1)c1ccccc1OCc1ccccc1. The predicted molar refractivity (Wildman–Crippen MR) is 124 cm³/mol. The molecule has 4 nitrogen and oxygen atoms in total. The van der Waals surface area contributed by atoms with Crippen LogP contribution in [-0.4, -0.2) is 23.9 Å². The summed E-state index contributed by atoms with van der Waals surface area (Å²) in [6.07, 6.45) is 3.93. The van der Waals surface area contributed by atoms with Gasteiger partial charge in [-0.05, 0) is 54.8 Å². The summed E-state index contributed by atoms with van der Waals surface area (Å²) < 4.78 is 5.93. The third-order valence-electron chi connectivity index (χ3n) is 5.67. The van der Waals surface area contributed by atoms with Gasteiger partial charge in [-0.2, -0.15) is 0 Å². The highest BCUT2D eigenvalue weighted by Gasteiger charge is 2.13. The van der Waals surface area contributed by atoms with E-state index in [4.69, 9.17) is 4.74 Å². The first-order chi connectivity index (χ1) is 15.3. The summed E-state index contributed by atoms with van der Waals surface area (Å²) in [5.74, 6) is 0.479. The molecule has 1 aliphatic rings. The zero-order valence-corrected chi connectivity index (χ0v) is 17.9. The Kier molecular flexibility index (Phi) is 7.35. The van der Waals surface area contributed by atoms with E-state index in [-0.39, 0.29) is 5.91 Å². The molecule has 0 aliphatic carbocycles. The van der Waals surface area contributed by atoms with Crippen LogP contribution in [0.5, 0.6) is 5.75 Å². The molecule has 0 spiro atoms. The highest BCUT2D eigenvalue weighted by Crippen LogP contribution is 2.20. The summed E-state index contributed by atoms with van der Waals surface area (Å²) in [5.41, 5.74) is 4.05. The number of carbonyl (C=O) groups excluding carboxylic acids is 1. The van der Waals surface area contributed by atoms with Crippen LogP contribution < -0.4 is 10.1 Å². The van der Waals surface area contributed by atoms with Crippen molar-refractivity contribution >= 4 is 5.91 Å². The number of nitrogens with zero attached hydrogens (tertiary/aromatic N) is 1. The quantitative estimate of drug-likeness (QED) is 0.552. The summed E-state index contributed by atoms with van der Waals surface area (Å²) in [6.45, 7) is 4.28. The fourth-order valence-corrected chi connectivity index (χ4v) is 4.01. The van der Waals surface area contributed by atoms with Gasteiger partial charge in [0.2, 0.25) is 0 Å². The van der Waals surface area contributed by atoms with Crippen molar-refractivity contribution in [1.29, 1.82) is 0 Å². The van der Waals surface area contributed by atoms with Crippen LogP contribution in [0.2, 0.25) is 0 Å². The number of para-hydroxylation sites is 1. The van der Waals surface area contributed by atoms with E-state index in [1.54, 1.807) is 0 Å². The number of hydrogen-bond acceptors (Lipinski definition) is 3. The Balaban J connectivity index is 1.35. The number of likely N-dealkylation sites (tertiary alicyclic amines) is 1. The van der Waals surface area contributed by atoms with E-state index < -0.39 is 0 Å². The normalized spacial score (nSPS) is 14.2. The number of benzene rings is 3. The van der Waals surface area contributed by atoms with E-state index in [1.165, 1.54) is 37.9 Å². The standard InChI is InChI=1S/C27H30N2O2/c30-27(25-14-5-6-15-26(25)31-21-22-10-3-1-4-11-22)28-19-23-12-9-13-24(18-23)20-29-16-7-2-8-17-29/h1,3-6,9-15,18H,2,7-8,16-17,19-21H2,(H,28,30). The van der Waals surface area contributed by atoms with Crippen LogP contribution in [0.3, 0.4) is 0 Å². The first-order valence-corrected chi connectivity index (χ1v) is 11.1. The van der Waals surface area contributed by atoms with E-state index in [2.05, 4.69) is 34.5 Å². The lowest BCUT2D eigenvalue weighted by Gasteiger charge is -2.26. The zero-order valence-electron chi connectivity index (χ0n) is 17.9. The Labute approximate surface area is 184 Å². The van der Waals surface area contributed by atoms with Gasteiger partial charge in [0.05, 0.1) is 5.56 Å². The highest BCUT2D eigenvalue weighted by molar-refractivity contribution is 5.96. The molecule has 0 saturated carbocycles.